The molecule has 1 aromatic carbocycles. The highest BCUT2D eigenvalue weighted by atomic mass is 32.1. The molecule has 0 spiro atoms. The molecule has 132 valence electrons. The lowest BCUT2D eigenvalue weighted by atomic mass is 10.1. The standard InChI is InChI=1S/C18H15FN4O2S/c19-14-5-3-12(4-6-14)11-23-17(25)15(16(24)22-18(23)26)10-21-9-13-2-1-7-20-8-13/h1-8,10,15H,9,11H2,(H,22,24,26). The minimum Gasteiger partial charge on any atom is -0.302 e. The number of thiocarbonyl (C=S) groups is 1. The highest BCUT2D eigenvalue weighted by Crippen LogP contribution is 2.14. The van der Waals surface area contributed by atoms with Gasteiger partial charge in [-0.15, -0.1) is 0 Å². The lowest BCUT2D eigenvalue weighted by Gasteiger charge is -2.31. The van der Waals surface area contributed by atoms with Gasteiger partial charge in [-0.3, -0.25) is 24.5 Å². The molecule has 1 fully saturated rings. The number of halogens is 1. The summed E-state index contributed by atoms with van der Waals surface area (Å²) >= 11 is 5.09. The second-order valence-electron chi connectivity index (χ2n) is 5.67. The Bertz CT molecular complexity index is 855. The van der Waals surface area contributed by atoms with E-state index in [1.54, 1.807) is 30.6 Å². The van der Waals surface area contributed by atoms with E-state index < -0.39 is 17.7 Å². The maximum Gasteiger partial charge on any atom is 0.247 e. The number of pyridine rings is 1. The zero-order valence-corrected chi connectivity index (χ0v) is 14.4. The van der Waals surface area contributed by atoms with Gasteiger partial charge in [0, 0.05) is 18.6 Å². The van der Waals surface area contributed by atoms with E-state index in [0.717, 1.165) is 5.56 Å². The van der Waals surface area contributed by atoms with Crippen molar-refractivity contribution in [1.82, 2.24) is 15.2 Å². The number of rotatable bonds is 5. The van der Waals surface area contributed by atoms with Crippen molar-refractivity contribution in [2.24, 2.45) is 10.9 Å². The van der Waals surface area contributed by atoms with Crippen LogP contribution in [0, 0.1) is 11.7 Å². The first-order valence-electron chi connectivity index (χ1n) is 7.84. The third-order valence-corrected chi connectivity index (χ3v) is 4.12. The largest absolute Gasteiger partial charge is 0.302 e. The van der Waals surface area contributed by atoms with E-state index in [9.17, 15) is 14.0 Å². The molecular weight excluding hydrogens is 355 g/mol. The number of aromatic nitrogens is 1. The van der Waals surface area contributed by atoms with Gasteiger partial charge in [0.1, 0.15) is 5.82 Å². The molecule has 2 aromatic rings. The van der Waals surface area contributed by atoms with Crippen molar-refractivity contribution >= 4 is 35.4 Å². The van der Waals surface area contributed by atoms with Crippen molar-refractivity contribution in [1.29, 1.82) is 0 Å². The van der Waals surface area contributed by atoms with Gasteiger partial charge in [0.15, 0.2) is 11.0 Å². The zero-order chi connectivity index (χ0) is 18.5. The van der Waals surface area contributed by atoms with Gasteiger partial charge >= 0.3 is 0 Å². The molecule has 1 aliphatic heterocycles. The number of hydrogen-bond acceptors (Lipinski definition) is 5. The number of hydrogen-bond donors (Lipinski definition) is 1. The van der Waals surface area contributed by atoms with Crippen LogP contribution in [0.15, 0.2) is 53.8 Å². The first-order chi connectivity index (χ1) is 12.5. The highest BCUT2D eigenvalue weighted by Gasteiger charge is 2.37. The van der Waals surface area contributed by atoms with Crippen LogP contribution >= 0.6 is 12.2 Å². The van der Waals surface area contributed by atoms with Crippen molar-refractivity contribution in [3.63, 3.8) is 0 Å². The molecule has 2 amide bonds. The maximum atomic E-state index is 13.0. The molecule has 1 aliphatic rings. The average molecular weight is 370 g/mol. The molecule has 0 saturated carbocycles. The van der Waals surface area contributed by atoms with Gasteiger partial charge in [0.25, 0.3) is 0 Å². The van der Waals surface area contributed by atoms with E-state index in [1.807, 2.05) is 6.07 Å². The topological polar surface area (TPSA) is 74.7 Å². The molecule has 1 aromatic heterocycles. The van der Waals surface area contributed by atoms with Gasteiger partial charge in [-0.25, -0.2) is 4.39 Å². The van der Waals surface area contributed by atoms with Gasteiger partial charge < -0.3 is 5.32 Å². The number of amides is 2. The van der Waals surface area contributed by atoms with Crippen LogP contribution in [0.25, 0.3) is 0 Å². The molecule has 3 rings (SSSR count). The van der Waals surface area contributed by atoms with Crippen LogP contribution in [0.1, 0.15) is 11.1 Å². The minimum atomic E-state index is -1.06. The number of benzene rings is 1. The summed E-state index contributed by atoms with van der Waals surface area (Å²) < 4.78 is 13.0. The number of carbonyl (C=O) groups is 2. The molecule has 0 bridgehead atoms. The molecule has 0 aliphatic carbocycles. The third kappa shape index (κ3) is 4.15. The van der Waals surface area contributed by atoms with Crippen molar-refractivity contribution < 1.29 is 14.0 Å². The second-order valence-corrected chi connectivity index (χ2v) is 6.06. The van der Waals surface area contributed by atoms with E-state index in [4.69, 9.17) is 12.2 Å². The SMILES string of the molecule is O=C1NC(=S)N(Cc2ccc(F)cc2)C(=O)C1C=NCc1cccnc1. The molecule has 8 heteroatoms. The number of nitrogens with one attached hydrogen (secondary N) is 1. The van der Waals surface area contributed by atoms with E-state index >= 15 is 0 Å². The Hall–Kier alpha value is -3.00. The van der Waals surface area contributed by atoms with E-state index in [-0.39, 0.29) is 17.5 Å². The van der Waals surface area contributed by atoms with Crippen molar-refractivity contribution in [2.75, 3.05) is 0 Å². The Morgan fingerprint density at radius 2 is 2.00 bits per heavy atom. The summed E-state index contributed by atoms with van der Waals surface area (Å²) in [5.41, 5.74) is 1.57. The van der Waals surface area contributed by atoms with Crippen LogP contribution < -0.4 is 5.32 Å². The monoisotopic (exact) mass is 370 g/mol. The molecule has 1 N–H and O–H groups in total. The molecule has 6 nitrogen and oxygen atoms in total. The molecular formula is C18H15FN4O2S. The zero-order valence-electron chi connectivity index (χ0n) is 13.6. The molecule has 2 heterocycles. The summed E-state index contributed by atoms with van der Waals surface area (Å²) in [5.74, 6) is -2.39. The summed E-state index contributed by atoms with van der Waals surface area (Å²) in [4.78, 5) is 34.2. The number of aliphatic imine (C=N–C) groups is 1. The Balaban J connectivity index is 1.71. The molecule has 26 heavy (non-hydrogen) atoms. The first kappa shape index (κ1) is 17.8. The summed E-state index contributed by atoms with van der Waals surface area (Å²) in [6.45, 7) is 0.457. The lowest BCUT2D eigenvalue weighted by Crippen LogP contribution is -2.57. The lowest BCUT2D eigenvalue weighted by molar-refractivity contribution is -0.138. The quantitative estimate of drug-likeness (QED) is 0.495. The predicted octanol–water partition coefficient (Wildman–Crippen LogP) is 1.85. The van der Waals surface area contributed by atoms with Gasteiger partial charge in [0.05, 0.1) is 13.1 Å². The normalized spacial score (nSPS) is 17.7. The summed E-state index contributed by atoms with van der Waals surface area (Å²) in [5, 5.41) is 2.54. The van der Waals surface area contributed by atoms with E-state index in [2.05, 4.69) is 15.3 Å². The van der Waals surface area contributed by atoms with E-state index in [0.29, 0.717) is 12.1 Å². The fraction of sp³-hybridized carbons (Fsp3) is 0.167. The van der Waals surface area contributed by atoms with Crippen LogP contribution in [0.4, 0.5) is 4.39 Å². The summed E-state index contributed by atoms with van der Waals surface area (Å²) in [6.07, 6.45) is 4.64. The van der Waals surface area contributed by atoms with Crippen molar-refractivity contribution in [3.05, 3.63) is 65.7 Å². The second kappa shape index (κ2) is 7.92. The van der Waals surface area contributed by atoms with Gasteiger partial charge in [-0.2, -0.15) is 0 Å². The maximum absolute atomic E-state index is 13.0. The Kier molecular flexibility index (Phi) is 5.43. The molecule has 1 atom stereocenters. The minimum absolute atomic E-state index is 0.0289. The summed E-state index contributed by atoms with van der Waals surface area (Å²) in [6, 6.07) is 9.37. The fourth-order valence-corrected chi connectivity index (χ4v) is 2.69. The Labute approximate surface area is 154 Å². The van der Waals surface area contributed by atoms with Crippen LogP contribution in [0.2, 0.25) is 0 Å². The number of nitrogens with zero attached hydrogens (tertiary/aromatic N) is 3. The molecule has 1 unspecified atom stereocenters. The van der Waals surface area contributed by atoms with Crippen LogP contribution in [0.3, 0.4) is 0 Å². The van der Waals surface area contributed by atoms with Crippen molar-refractivity contribution in [3.8, 4) is 0 Å². The highest BCUT2D eigenvalue weighted by molar-refractivity contribution is 7.80. The van der Waals surface area contributed by atoms with Crippen LogP contribution in [-0.4, -0.2) is 33.0 Å². The van der Waals surface area contributed by atoms with Gasteiger partial charge in [-0.1, -0.05) is 18.2 Å². The predicted molar refractivity (Wildman–Crippen MR) is 97.6 cm³/mol. The first-order valence-corrected chi connectivity index (χ1v) is 8.25. The average Bonchev–Trinajstić information content (AvgIpc) is 2.64. The third-order valence-electron chi connectivity index (χ3n) is 3.79. The summed E-state index contributed by atoms with van der Waals surface area (Å²) in [7, 11) is 0. The van der Waals surface area contributed by atoms with Gasteiger partial charge in [-0.05, 0) is 41.5 Å². The Morgan fingerprint density at radius 1 is 1.23 bits per heavy atom. The Morgan fingerprint density at radius 3 is 2.69 bits per heavy atom. The van der Waals surface area contributed by atoms with Crippen molar-refractivity contribution in [2.45, 2.75) is 13.1 Å². The smallest absolute Gasteiger partial charge is 0.247 e. The van der Waals surface area contributed by atoms with Gasteiger partial charge in [0.2, 0.25) is 11.8 Å². The fourth-order valence-electron chi connectivity index (χ4n) is 2.44. The van der Waals surface area contributed by atoms with E-state index in [1.165, 1.54) is 23.2 Å². The number of carbonyl (C=O) groups excluding carboxylic acids is 2. The molecule has 0 radical (unpaired) electrons. The molecule has 1 saturated heterocycles. The van der Waals surface area contributed by atoms with Crippen LogP contribution in [0.5, 0.6) is 0 Å². The van der Waals surface area contributed by atoms with Crippen LogP contribution in [-0.2, 0) is 22.7 Å².